The first kappa shape index (κ1) is 11.0. The van der Waals surface area contributed by atoms with E-state index in [4.69, 9.17) is 5.73 Å². The second-order valence-corrected chi connectivity index (χ2v) is 1.23. The highest BCUT2D eigenvalue weighted by atomic mass is 16.1. The molecule has 1 amide bonds. The average Bonchev–Trinajstić information content (AvgIpc) is 1.88. The van der Waals surface area contributed by atoms with Crippen molar-refractivity contribution in [3.05, 3.63) is 12.7 Å². The molecule has 0 fully saturated rings. The van der Waals surface area contributed by atoms with Crippen molar-refractivity contribution in [2.45, 2.75) is 6.92 Å². The maximum Gasteiger partial charge on any atom is 0.243 e. The van der Waals surface area contributed by atoms with Gasteiger partial charge in [-0.15, -0.1) is 0 Å². The van der Waals surface area contributed by atoms with Gasteiger partial charge in [0.25, 0.3) is 0 Å². The summed E-state index contributed by atoms with van der Waals surface area (Å²) in [4.78, 5) is 9.95. The minimum absolute atomic E-state index is 0.144. The molecule has 0 bridgehead atoms. The second-order valence-electron chi connectivity index (χ2n) is 1.23. The Morgan fingerprint density at radius 1 is 1.89 bits per heavy atom. The quantitative estimate of drug-likeness (QED) is 0.486. The Bertz CT molecular complexity index is 81.1. The summed E-state index contributed by atoms with van der Waals surface area (Å²) < 4.78 is 0. The number of nitrogens with one attached hydrogen (secondary N) is 1. The summed E-state index contributed by atoms with van der Waals surface area (Å²) in [5, 5.41) is 2.36. The minimum Gasteiger partial charge on any atom is -0.356 e. The summed E-state index contributed by atoms with van der Waals surface area (Å²) >= 11 is 0. The van der Waals surface area contributed by atoms with E-state index >= 15 is 0 Å². The summed E-state index contributed by atoms with van der Waals surface area (Å²) in [6, 6.07) is 0. The van der Waals surface area contributed by atoms with Gasteiger partial charge >= 0.3 is 0 Å². The normalized spacial score (nSPS) is 6.56. The van der Waals surface area contributed by atoms with E-state index in [9.17, 15) is 4.79 Å². The van der Waals surface area contributed by atoms with Crippen molar-refractivity contribution in [3.8, 4) is 0 Å². The molecule has 0 heterocycles. The van der Waals surface area contributed by atoms with E-state index in [1.165, 1.54) is 6.08 Å². The van der Waals surface area contributed by atoms with Gasteiger partial charge in [-0.1, -0.05) is 13.5 Å². The maximum atomic E-state index is 9.95. The Hall–Kier alpha value is -0.830. The molecule has 0 aliphatic rings. The number of rotatable bonds is 1. The number of hydrogen-bond acceptors (Lipinski definition) is 2. The van der Waals surface area contributed by atoms with E-state index in [2.05, 4.69) is 11.9 Å². The number of nitrogens with two attached hydrogens (primary N) is 1. The molecular weight excluding hydrogens is 116 g/mol. The molecule has 0 saturated carbocycles. The topological polar surface area (TPSA) is 55.1 Å². The third-order valence-corrected chi connectivity index (χ3v) is 0.432. The smallest absolute Gasteiger partial charge is 0.243 e. The van der Waals surface area contributed by atoms with E-state index in [1.807, 2.05) is 6.92 Å². The van der Waals surface area contributed by atoms with Crippen molar-refractivity contribution in [1.29, 1.82) is 0 Å². The van der Waals surface area contributed by atoms with Crippen LogP contribution in [-0.2, 0) is 4.79 Å². The van der Waals surface area contributed by atoms with E-state index in [-0.39, 0.29) is 5.91 Å². The van der Waals surface area contributed by atoms with Gasteiger partial charge in [-0.05, 0) is 12.6 Å². The fourth-order valence-corrected chi connectivity index (χ4v) is 0.102. The summed E-state index contributed by atoms with van der Waals surface area (Å²) in [6.07, 6.45) is 1.22. The van der Waals surface area contributed by atoms with Crippen LogP contribution in [0.1, 0.15) is 6.92 Å². The molecule has 9 heavy (non-hydrogen) atoms. The van der Waals surface area contributed by atoms with Crippen LogP contribution in [0.4, 0.5) is 0 Å². The highest BCUT2D eigenvalue weighted by Crippen LogP contribution is 1.56. The maximum absolute atomic E-state index is 9.95. The Balaban J connectivity index is 0. The molecule has 0 aromatic rings. The first-order valence-electron chi connectivity index (χ1n) is 2.77. The fraction of sp³-hybridized carbons (Fsp3) is 0.500. The monoisotopic (exact) mass is 130 g/mol. The lowest BCUT2D eigenvalue weighted by Gasteiger charge is -1.82. The molecular formula is C6H14N2O. The largest absolute Gasteiger partial charge is 0.356 e. The van der Waals surface area contributed by atoms with Crippen LogP contribution in [0, 0.1) is 0 Å². The molecule has 54 valence electrons. The SMILES string of the molecule is C=CC(=O)NC.CCN. The predicted octanol–water partition coefficient (Wildman–Crippen LogP) is -0.117. The van der Waals surface area contributed by atoms with Gasteiger partial charge in [-0.2, -0.15) is 0 Å². The van der Waals surface area contributed by atoms with Crippen LogP contribution >= 0.6 is 0 Å². The van der Waals surface area contributed by atoms with E-state index < -0.39 is 0 Å². The van der Waals surface area contributed by atoms with Crippen LogP contribution in [-0.4, -0.2) is 19.5 Å². The van der Waals surface area contributed by atoms with Crippen molar-refractivity contribution >= 4 is 5.91 Å². The Morgan fingerprint density at radius 3 is 2.22 bits per heavy atom. The summed E-state index contributed by atoms with van der Waals surface area (Å²) in [5.74, 6) is -0.144. The van der Waals surface area contributed by atoms with Crippen LogP contribution in [0.25, 0.3) is 0 Å². The zero-order chi connectivity index (χ0) is 7.70. The Labute approximate surface area is 55.9 Å². The van der Waals surface area contributed by atoms with Crippen LogP contribution in [0.15, 0.2) is 12.7 Å². The van der Waals surface area contributed by atoms with Gasteiger partial charge in [0.15, 0.2) is 0 Å². The minimum atomic E-state index is -0.144. The fourth-order valence-electron chi connectivity index (χ4n) is 0.102. The third kappa shape index (κ3) is 19.1. The van der Waals surface area contributed by atoms with Crippen molar-refractivity contribution in [2.75, 3.05) is 13.6 Å². The van der Waals surface area contributed by atoms with Crippen molar-refractivity contribution in [3.63, 3.8) is 0 Å². The number of likely N-dealkylation sites (N-methyl/N-ethyl adjacent to an activating group) is 1. The highest BCUT2D eigenvalue weighted by Gasteiger charge is 1.78. The van der Waals surface area contributed by atoms with Crippen LogP contribution in [0.2, 0.25) is 0 Å². The summed E-state index contributed by atoms with van der Waals surface area (Å²) in [6.45, 7) is 5.87. The molecule has 0 aliphatic heterocycles. The lowest BCUT2D eigenvalue weighted by Crippen LogP contribution is -2.13. The lowest BCUT2D eigenvalue weighted by molar-refractivity contribution is -0.116. The highest BCUT2D eigenvalue weighted by molar-refractivity contribution is 5.86. The number of carbonyl (C=O) groups is 1. The zero-order valence-electron chi connectivity index (χ0n) is 5.98. The molecule has 0 aromatic heterocycles. The van der Waals surface area contributed by atoms with Crippen LogP contribution in [0.3, 0.4) is 0 Å². The second kappa shape index (κ2) is 10.2. The lowest BCUT2D eigenvalue weighted by atomic mass is 10.6. The molecule has 3 heteroatoms. The average molecular weight is 130 g/mol. The van der Waals surface area contributed by atoms with Crippen LogP contribution < -0.4 is 11.1 Å². The van der Waals surface area contributed by atoms with Gasteiger partial charge in [0, 0.05) is 7.05 Å². The molecule has 0 aliphatic carbocycles. The van der Waals surface area contributed by atoms with Gasteiger partial charge < -0.3 is 11.1 Å². The summed E-state index contributed by atoms with van der Waals surface area (Å²) in [7, 11) is 1.56. The molecule has 3 nitrogen and oxygen atoms in total. The van der Waals surface area contributed by atoms with E-state index in [0.29, 0.717) is 0 Å². The first-order valence-corrected chi connectivity index (χ1v) is 2.77. The Kier molecular flexibility index (Phi) is 12.5. The molecule has 0 radical (unpaired) electrons. The molecule has 0 spiro atoms. The summed E-state index contributed by atoms with van der Waals surface area (Å²) in [5.41, 5.74) is 4.85. The van der Waals surface area contributed by atoms with Gasteiger partial charge in [-0.3, -0.25) is 4.79 Å². The van der Waals surface area contributed by atoms with E-state index in [1.54, 1.807) is 7.05 Å². The van der Waals surface area contributed by atoms with Crippen molar-refractivity contribution in [1.82, 2.24) is 5.32 Å². The predicted molar refractivity (Wildman–Crippen MR) is 39.0 cm³/mol. The van der Waals surface area contributed by atoms with Gasteiger partial charge in [-0.25, -0.2) is 0 Å². The molecule has 0 rings (SSSR count). The third-order valence-electron chi connectivity index (χ3n) is 0.432. The van der Waals surface area contributed by atoms with Gasteiger partial charge in [0.05, 0.1) is 0 Å². The standard InChI is InChI=1S/C4H7NO.C2H7N/c1-3-4(6)5-2;1-2-3/h3H,1H2,2H3,(H,5,6);2-3H2,1H3. The molecule has 0 aromatic carbocycles. The van der Waals surface area contributed by atoms with Gasteiger partial charge in [0.2, 0.25) is 5.91 Å². The van der Waals surface area contributed by atoms with Crippen molar-refractivity contribution < 1.29 is 4.79 Å². The first-order chi connectivity index (χ1) is 4.22. The zero-order valence-corrected chi connectivity index (χ0v) is 5.98. The molecule has 0 atom stereocenters. The number of hydrogen-bond donors (Lipinski definition) is 2. The molecule has 0 saturated heterocycles. The molecule has 0 unspecified atom stereocenters. The van der Waals surface area contributed by atoms with E-state index in [0.717, 1.165) is 6.54 Å². The van der Waals surface area contributed by atoms with Crippen LogP contribution in [0.5, 0.6) is 0 Å². The molecule has 3 N–H and O–H groups in total. The number of amides is 1. The Morgan fingerprint density at radius 2 is 2.22 bits per heavy atom. The van der Waals surface area contributed by atoms with Gasteiger partial charge in [0.1, 0.15) is 0 Å². The number of carbonyl (C=O) groups excluding carboxylic acids is 1. The van der Waals surface area contributed by atoms with Crippen molar-refractivity contribution in [2.24, 2.45) is 5.73 Å².